The molecule has 0 saturated carbocycles. The zero-order valence-electron chi connectivity index (χ0n) is 21.2. The number of rotatable bonds is 6. The highest BCUT2D eigenvalue weighted by atomic mass is 16.5. The Morgan fingerprint density at radius 2 is 1.72 bits per heavy atom. The van der Waals surface area contributed by atoms with Crippen molar-refractivity contribution >= 4 is 22.6 Å². The summed E-state index contributed by atoms with van der Waals surface area (Å²) in [4.78, 5) is 15.2. The minimum atomic E-state index is -0.0140. The summed E-state index contributed by atoms with van der Waals surface area (Å²) in [5.41, 5.74) is 4.79. The molecular formula is C28H32N6O2. The number of benzene rings is 2. The van der Waals surface area contributed by atoms with Crippen LogP contribution >= 0.6 is 0 Å². The van der Waals surface area contributed by atoms with Crippen molar-refractivity contribution in [2.24, 2.45) is 5.92 Å². The van der Waals surface area contributed by atoms with Gasteiger partial charge in [-0.1, -0.05) is 30.3 Å². The Morgan fingerprint density at radius 3 is 2.39 bits per heavy atom. The number of amides is 1. The minimum absolute atomic E-state index is 0.00999. The van der Waals surface area contributed by atoms with Crippen molar-refractivity contribution in [2.45, 2.75) is 39.7 Å². The molecule has 8 heteroatoms. The van der Waals surface area contributed by atoms with Gasteiger partial charge < -0.3 is 15.0 Å². The SMILES string of the molecule is COc1ccc(-n2nc3c(N4CCC(C(=O)NC(C)c5ccccc5)CC4)nnc(C)c3c2C)cc1. The van der Waals surface area contributed by atoms with Crippen LogP contribution < -0.4 is 15.0 Å². The highest BCUT2D eigenvalue weighted by Crippen LogP contribution is 2.32. The number of piperidine rings is 1. The normalized spacial score (nSPS) is 15.2. The fraction of sp³-hybridized carbons (Fsp3) is 0.357. The monoisotopic (exact) mass is 484 g/mol. The van der Waals surface area contributed by atoms with Gasteiger partial charge in [0.25, 0.3) is 0 Å². The minimum Gasteiger partial charge on any atom is -0.497 e. The van der Waals surface area contributed by atoms with E-state index in [9.17, 15) is 4.79 Å². The lowest BCUT2D eigenvalue weighted by molar-refractivity contribution is -0.126. The van der Waals surface area contributed by atoms with Gasteiger partial charge in [-0.05, 0) is 63.4 Å². The average molecular weight is 485 g/mol. The standard InChI is InChI=1S/C28H32N6O2/c1-18(21-8-6-5-7-9-21)29-28(35)22-14-16-33(17-15-22)27-26-25(19(2)30-31-27)20(3)34(32-26)23-10-12-24(36-4)13-11-23/h5-13,18,22H,14-17H2,1-4H3,(H,29,35). The maximum Gasteiger partial charge on any atom is 0.223 e. The van der Waals surface area contributed by atoms with Crippen molar-refractivity contribution in [1.82, 2.24) is 25.3 Å². The van der Waals surface area contributed by atoms with Crippen LogP contribution in [0.5, 0.6) is 5.75 Å². The predicted octanol–water partition coefficient (Wildman–Crippen LogP) is 4.53. The van der Waals surface area contributed by atoms with Crippen molar-refractivity contribution in [3.05, 3.63) is 71.5 Å². The van der Waals surface area contributed by atoms with Gasteiger partial charge in [0, 0.05) is 19.0 Å². The molecule has 1 atom stereocenters. The summed E-state index contributed by atoms with van der Waals surface area (Å²) in [6, 6.07) is 17.9. The second kappa shape index (κ2) is 9.97. The molecular weight excluding hydrogens is 452 g/mol. The highest BCUT2D eigenvalue weighted by Gasteiger charge is 2.29. The molecule has 186 valence electrons. The molecule has 1 aliphatic rings. The maximum absolute atomic E-state index is 13.0. The first-order valence-electron chi connectivity index (χ1n) is 12.4. The number of hydrogen-bond donors (Lipinski definition) is 1. The number of methoxy groups -OCH3 is 1. The highest BCUT2D eigenvalue weighted by molar-refractivity contribution is 5.92. The molecule has 4 aromatic rings. The van der Waals surface area contributed by atoms with E-state index >= 15 is 0 Å². The van der Waals surface area contributed by atoms with Crippen LogP contribution in [-0.4, -0.2) is 46.1 Å². The van der Waals surface area contributed by atoms with Crippen LogP contribution in [0, 0.1) is 19.8 Å². The van der Waals surface area contributed by atoms with Crippen LogP contribution in [0.15, 0.2) is 54.6 Å². The molecule has 1 aliphatic heterocycles. The van der Waals surface area contributed by atoms with Gasteiger partial charge in [-0.2, -0.15) is 10.2 Å². The Bertz CT molecular complexity index is 1360. The van der Waals surface area contributed by atoms with Gasteiger partial charge in [0.1, 0.15) is 11.3 Å². The number of aromatic nitrogens is 4. The first kappa shape index (κ1) is 23.8. The van der Waals surface area contributed by atoms with Gasteiger partial charge in [-0.25, -0.2) is 4.68 Å². The van der Waals surface area contributed by atoms with Crippen LogP contribution in [0.3, 0.4) is 0 Å². The van der Waals surface area contributed by atoms with Crippen LogP contribution in [0.1, 0.15) is 42.8 Å². The van der Waals surface area contributed by atoms with Gasteiger partial charge >= 0.3 is 0 Å². The predicted molar refractivity (Wildman–Crippen MR) is 141 cm³/mol. The van der Waals surface area contributed by atoms with Crippen molar-refractivity contribution in [3.63, 3.8) is 0 Å². The van der Waals surface area contributed by atoms with E-state index < -0.39 is 0 Å². The number of carbonyl (C=O) groups excluding carboxylic acids is 1. The number of nitrogens with zero attached hydrogens (tertiary/aromatic N) is 5. The molecule has 0 bridgehead atoms. The number of anilines is 1. The second-order valence-corrected chi connectivity index (χ2v) is 9.43. The van der Waals surface area contributed by atoms with Gasteiger partial charge in [0.05, 0.1) is 35.6 Å². The lowest BCUT2D eigenvalue weighted by atomic mass is 9.95. The van der Waals surface area contributed by atoms with Crippen LogP contribution in [0.25, 0.3) is 16.6 Å². The molecule has 0 aliphatic carbocycles. The van der Waals surface area contributed by atoms with Crippen molar-refractivity contribution in [2.75, 3.05) is 25.1 Å². The lowest BCUT2D eigenvalue weighted by Crippen LogP contribution is -2.41. The topological polar surface area (TPSA) is 85.2 Å². The fourth-order valence-corrected chi connectivity index (χ4v) is 5.01. The van der Waals surface area contributed by atoms with Gasteiger partial charge in [-0.3, -0.25) is 4.79 Å². The molecule has 36 heavy (non-hydrogen) atoms. The number of carbonyl (C=O) groups is 1. The van der Waals surface area contributed by atoms with E-state index in [1.807, 2.05) is 73.1 Å². The van der Waals surface area contributed by atoms with E-state index in [1.54, 1.807) is 7.11 Å². The Labute approximate surface area is 211 Å². The van der Waals surface area contributed by atoms with E-state index in [0.717, 1.165) is 71.0 Å². The van der Waals surface area contributed by atoms with Gasteiger partial charge in [0.2, 0.25) is 5.91 Å². The molecule has 3 heterocycles. The Balaban J connectivity index is 1.33. The molecule has 0 spiro atoms. The first-order chi connectivity index (χ1) is 17.5. The van der Waals surface area contributed by atoms with Crippen LogP contribution in [0.4, 0.5) is 5.82 Å². The van der Waals surface area contributed by atoms with Crippen LogP contribution in [0.2, 0.25) is 0 Å². The maximum atomic E-state index is 13.0. The molecule has 1 N–H and O–H groups in total. The molecule has 1 fully saturated rings. The summed E-state index contributed by atoms with van der Waals surface area (Å²) in [7, 11) is 1.66. The van der Waals surface area contributed by atoms with Crippen molar-refractivity contribution < 1.29 is 9.53 Å². The number of ether oxygens (including phenoxy) is 1. The smallest absolute Gasteiger partial charge is 0.223 e. The zero-order chi connectivity index (χ0) is 25.2. The summed E-state index contributed by atoms with van der Waals surface area (Å²) >= 11 is 0. The molecule has 1 amide bonds. The summed E-state index contributed by atoms with van der Waals surface area (Å²) in [6.07, 6.45) is 1.53. The molecule has 2 aromatic heterocycles. The molecule has 1 saturated heterocycles. The number of hydrogen-bond acceptors (Lipinski definition) is 6. The van der Waals surface area contributed by atoms with E-state index in [0.29, 0.717) is 0 Å². The largest absolute Gasteiger partial charge is 0.497 e. The van der Waals surface area contributed by atoms with E-state index in [4.69, 9.17) is 9.84 Å². The number of nitrogens with one attached hydrogen (secondary N) is 1. The quantitative estimate of drug-likeness (QED) is 0.433. The van der Waals surface area contributed by atoms with Gasteiger partial charge in [0.15, 0.2) is 5.82 Å². The Morgan fingerprint density at radius 1 is 1.03 bits per heavy atom. The van der Waals surface area contributed by atoms with Crippen molar-refractivity contribution in [3.8, 4) is 11.4 Å². The Hall–Kier alpha value is -3.94. The van der Waals surface area contributed by atoms with E-state index in [1.165, 1.54) is 0 Å². The third-order valence-corrected chi connectivity index (χ3v) is 7.13. The molecule has 1 unspecified atom stereocenters. The van der Waals surface area contributed by atoms with Crippen LogP contribution in [-0.2, 0) is 4.79 Å². The summed E-state index contributed by atoms with van der Waals surface area (Å²) < 4.78 is 7.24. The summed E-state index contributed by atoms with van der Waals surface area (Å²) in [6.45, 7) is 7.53. The second-order valence-electron chi connectivity index (χ2n) is 9.43. The van der Waals surface area contributed by atoms with E-state index in [-0.39, 0.29) is 17.9 Å². The molecule has 0 radical (unpaired) electrons. The summed E-state index contributed by atoms with van der Waals surface area (Å²) in [5.74, 6) is 1.69. The lowest BCUT2D eigenvalue weighted by Gasteiger charge is -2.32. The number of fused-ring (bicyclic) bond motifs is 1. The molecule has 5 rings (SSSR count). The Kier molecular flexibility index (Phi) is 6.59. The molecule has 8 nitrogen and oxygen atoms in total. The molecule has 2 aromatic carbocycles. The summed E-state index contributed by atoms with van der Waals surface area (Å²) in [5, 5.41) is 18.2. The number of aryl methyl sites for hydroxylation is 2. The third-order valence-electron chi connectivity index (χ3n) is 7.13. The van der Waals surface area contributed by atoms with Crippen molar-refractivity contribution in [1.29, 1.82) is 0 Å². The van der Waals surface area contributed by atoms with Gasteiger partial charge in [-0.15, -0.1) is 5.10 Å². The average Bonchev–Trinajstić information content (AvgIpc) is 3.27. The fourth-order valence-electron chi connectivity index (χ4n) is 5.01. The third kappa shape index (κ3) is 4.51. The first-order valence-corrected chi connectivity index (χ1v) is 12.4. The zero-order valence-corrected chi connectivity index (χ0v) is 21.2. The van der Waals surface area contributed by atoms with E-state index in [2.05, 4.69) is 27.3 Å².